The van der Waals surface area contributed by atoms with Crippen LogP contribution in [0.2, 0.25) is 0 Å². The monoisotopic (exact) mass is 196 g/mol. The van der Waals surface area contributed by atoms with Crippen molar-refractivity contribution < 1.29 is 9.90 Å². The lowest BCUT2D eigenvalue weighted by atomic mass is 10.1. The zero-order valence-corrected chi connectivity index (χ0v) is 7.53. The summed E-state index contributed by atoms with van der Waals surface area (Å²) in [6, 6.07) is 0. The third-order valence-corrected chi connectivity index (χ3v) is 2.13. The minimum Gasteiger partial charge on any atom is -0.478 e. The Morgan fingerprint density at radius 3 is 2.55 bits per heavy atom. The third-order valence-electron chi connectivity index (χ3n) is 1.23. The average molecular weight is 197 g/mol. The lowest BCUT2D eigenvalue weighted by molar-refractivity contribution is -0.132. The van der Waals surface area contributed by atoms with Crippen molar-refractivity contribution in [3.05, 3.63) is 12.2 Å². The molecule has 2 nitrogen and oxygen atoms in total. The third kappa shape index (κ3) is 5.10. The zero-order chi connectivity index (χ0) is 8.85. The van der Waals surface area contributed by atoms with E-state index >= 15 is 0 Å². The van der Waals surface area contributed by atoms with E-state index in [1.54, 1.807) is 0 Å². The maximum atomic E-state index is 10.2. The van der Waals surface area contributed by atoms with Crippen LogP contribution < -0.4 is 0 Å². The predicted octanol–water partition coefficient (Wildman–Crippen LogP) is 2.25. The molecule has 1 N–H and O–H groups in total. The highest BCUT2D eigenvalue weighted by Crippen LogP contribution is 2.11. The number of hydrogen-bond acceptors (Lipinski definition) is 1. The van der Waals surface area contributed by atoms with Crippen LogP contribution in [0.25, 0.3) is 0 Å². The largest absolute Gasteiger partial charge is 0.478 e. The summed E-state index contributed by atoms with van der Waals surface area (Å²) in [6.07, 6.45) is 0.965. The standard InChI is InChI=1S/C7H10Cl2O2/c1-5(7(10)11)2-3-6(9)4-8/h6H,1-4H2,(H,10,11). The van der Waals surface area contributed by atoms with Gasteiger partial charge in [0.15, 0.2) is 0 Å². The number of rotatable bonds is 5. The van der Waals surface area contributed by atoms with Gasteiger partial charge in [-0.2, -0.15) is 0 Å². The smallest absolute Gasteiger partial charge is 0.330 e. The van der Waals surface area contributed by atoms with Crippen LogP contribution in [0.15, 0.2) is 12.2 Å². The maximum Gasteiger partial charge on any atom is 0.330 e. The van der Waals surface area contributed by atoms with Crippen LogP contribution >= 0.6 is 23.2 Å². The van der Waals surface area contributed by atoms with E-state index in [2.05, 4.69) is 6.58 Å². The molecule has 0 spiro atoms. The minimum absolute atomic E-state index is 0.159. The lowest BCUT2D eigenvalue weighted by Gasteiger charge is -2.03. The molecule has 0 aromatic carbocycles. The van der Waals surface area contributed by atoms with Gasteiger partial charge in [0.05, 0.1) is 0 Å². The number of hydrogen-bond donors (Lipinski definition) is 1. The highest BCUT2D eigenvalue weighted by molar-refractivity contribution is 6.28. The maximum absolute atomic E-state index is 10.2. The number of carboxylic acid groups (broad SMARTS) is 1. The van der Waals surface area contributed by atoms with Gasteiger partial charge >= 0.3 is 5.97 Å². The molecule has 0 saturated carbocycles. The fourth-order valence-electron chi connectivity index (χ4n) is 0.515. The second-order valence-electron chi connectivity index (χ2n) is 2.20. The molecule has 0 aliphatic carbocycles. The second kappa shape index (κ2) is 5.44. The van der Waals surface area contributed by atoms with Crippen LogP contribution in [0.4, 0.5) is 0 Å². The molecule has 11 heavy (non-hydrogen) atoms. The summed E-state index contributed by atoms with van der Waals surface area (Å²) in [5, 5.41) is 8.23. The number of halogens is 2. The van der Waals surface area contributed by atoms with Gasteiger partial charge in [-0.05, 0) is 12.8 Å². The van der Waals surface area contributed by atoms with Crippen molar-refractivity contribution in [3.63, 3.8) is 0 Å². The Labute approximate surface area is 75.8 Å². The van der Waals surface area contributed by atoms with E-state index in [9.17, 15) is 4.79 Å². The first kappa shape index (κ1) is 10.8. The molecule has 0 radical (unpaired) electrons. The van der Waals surface area contributed by atoms with Gasteiger partial charge in [0.2, 0.25) is 0 Å². The topological polar surface area (TPSA) is 37.3 Å². The molecule has 0 fully saturated rings. The Morgan fingerprint density at radius 2 is 2.18 bits per heavy atom. The fraction of sp³-hybridized carbons (Fsp3) is 0.571. The Kier molecular flexibility index (Phi) is 5.34. The van der Waals surface area contributed by atoms with E-state index in [-0.39, 0.29) is 11.0 Å². The van der Waals surface area contributed by atoms with Crippen LogP contribution in [-0.2, 0) is 4.79 Å². The van der Waals surface area contributed by atoms with Gasteiger partial charge in [-0.1, -0.05) is 6.58 Å². The number of alkyl halides is 2. The molecule has 0 saturated heterocycles. The van der Waals surface area contributed by atoms with Crippen molar-refractivity contribution in [1.82, 2.24) is 0 Å². The molecule has 0 bridgehead atoms. The van der Waals surface area contributed by atoms with Gasteiger partial charge in [-0.15, -0.1) is 23.2 Å². The molecule has 0 aliphatic heterocycles. The fourth-order valence-corrected chi connectivity index (χ4v) is 0.778. The number of carbonyl (C=O) groups is 1. The van der Waals surface area contributed by atoms with E-state index < -0.39 is 5.97 Å². The van der Waals surface area contributed by atoms with Crippen LogP contribution in [-0.4, -0.2) is 22.3 Å². The summed E-state index contributed by atoms with van der Waals surface area (Å²) in [5.74, 6) is -0.627. The first-order chi connectivity index (χ1) is 5.07. The number of aliphatic carboxylic acids is 1. The van der Waals surface area contributed by atoms with Gasteiger partial charge in [0, 0.05) is 16.8 Å². The summed E-state index contributed by atoms with van der Waals surface area (Å²) in [5.41, 5.74) is 0.181. The molecule has 1 unspecified atom stereocenters. The molecule has 64 valence electrons. The molecule has 0 aromatic heterocycles. The predicted molar refractivity (Wildman–Crippen MR) is 46.4 cm³/mol. The van der Waals surface area contributed by atoms with Gasteiger partial charge in [-0.25, -0.2) is 4.79 Å². The normalized spacial score (nSPS) is 12.5. The SMILES string of the molecule is C=C(CCC(Cl)CCl)C(=O)O. The quantitative estimate of drug-likeness (QED) is 0.542. The summed E-state index contributed by atoms with van der Waals surface area (Å²) in [4.78, 5) is 10.2. The van der Waals surface area contributed by atoms with Gasteiger partial charge < -0.3 is 5.11 Å². The van der Waals surface area contributed by atoms with Crippen LogP contribution in [0.3, 0.4) is 0 Å². The van der Waals surface area contributed by atoms with Gasteiger partial charge in [0.1, 0.15) is 0 Å². The van der Waals surface area contributed by atoms with Crippen molar-refractivity contribution in [2.75, 3.05) is 5.88 Å². The summed E-state index contributed by atoms with van der Waals surface area (Å²) in [6.45, 7) is 3.36. The van der Waals surface area contributed by atoms with Crippen molar-refractivity contribution in [1.29, 1.82) is 0 Å². The molecule has 0 heterocycles. The lowest BCUT2D eigenvalue weighted by Crippen LogP contribution is -2.04. The Bertz CT molecular complexity index is 157. The van der Waals surface area contributed by atoms with Crippen molar-refractivity contribution >= 4 is 29.2 Å². The van der Waals surface area contributed by atoms with E-state index in [4.69, 9.17) is 28.3 Å². The minimum atomic E-state index is -0.969. The molecule has 4 heteroatoms. The Balaban J connectivity index is 3.54. The van der Waals surface area contributed by atoms with E-state index in [0.29, 0.717) is 18.7 Å². The first-order valence-electron chi connectivity index (χ1n) is 3.19. The number of carboxylic acids is 1. The summed E-state index contributed by atoms with van der Waals surface area (Å²) >= 11 is 11.1. The van der Waals surface area contributed by atoms with Crippen LogP contribution in [0.5, 0.6) is 0 Å². The van der Waals surface area contributed by atoms with Crippen LogP contribution in [0.1, 0.15) is 12.8 Å². The molecular formula is C7H10Cl2O2. The summed E-state index contributed by atoms with van der Waals surface area (Å²) < 4.78 is 0. The molecule has 0 rings (SSSR count). The molecular weight excluding hydrogens is 187 g/mol. The molecule has 1 atom stereocenters. The van der Waals surface area contributed by atoms with Gasteiger partial charge in [-0.3, -0.25) is 0 Å². The van der Waals surface area contributed by atoms with E-state index in [0.717, 1.165) is 0 Å². The second-order valence-corrected chi connectivity index (χ2v) is 3.12. The first-order valence-corrected chi connectivity index (χ1v) is 4.16. The van der Waals surface area contributed by atoms with E-state index in [1.165, 1.54) is 0 Å². The van der Waals surface area contributed by atoms with Crippen LogP contribution in [0, 0.1) is 0 Å². The average Bonchev–Trinajstić information content (AvgIpc) is 1.99. The Morgan fingerprint density at radius 1 is 1.64 bits per heavy atom. The Hall–Kier alpha value is -0.210. The van der Waals surface area contributed by atoms with Crippen molar-refractivity contribution in [3.8, 4) is 0 Å². The van der Waals surface area contributed by atoms with E-state index in [1.807, 2.05) is 0 Å². The summed E-state index contributed by atoms with van der Waals surface area (Å²) in [7, 11) is 0. The highest BCUT2D eigenvalue weighted by atomic mass is 35.5. The zero-order valence-electron chi connectivity index (χ0n) is 6.02. The van der Waals surface area contributed by atoms with Crippen molar-refractivity contribution in [2.45, 2.75) is 18.2 Å². The van der Waals surface area contributed by atoms with Crippen molar-refractivity contribution in [2.24, 2.45) is 0 Å². The molecule has 0 amide bonds. The molecule has 0 aromatic rings. The highest BCUT2D eigenvalue weighted by Gasteiger charge is 2.07. The van der Waals surface area contributed by atoms with Gasteiger partial charge in [0.25, 0.3) is 0 Å². The molecule has 0 aliphatic rings.